The molecule has 2 aliphatic carbocycles. The Bertz CT molecular complexity index is 205. The molecule has 0 amide bonds. The van der Waals surface area contributed by atoms with Crippen LogP contribution in [-0.2, 0) is 4.74 Å². The third kappa shape index (κ3) is 2.21. The number of unbranched alkanes of at least 4 members (excludes halogenated alkanes) is 1. The van der Waals surface area contributed by atoms with Gasteiger partial charge in [-0.1, -0.05) is 12.8 Å². The lowest BCUT2D eigenvalue weighted by atomic mass is 9.70. The number of hydrogen-bond donors (Lipinski definition) is 1. The van der Waals surface area contributed by atoms with Crippen LogP contribution in [-0.4, -0.2) is 25.4 Å². The summed E-state index contributed by atoms with van der Waals surface area (Å²) in [5.41, 5.74) is 0.302. The Morgan fingerprint density at radius 3 is 2.73 bits per heavy atom. The fourth-order valence-corrected chi connectivity index (χ4v) is 3.86. The van der Waals surface area contributed by atoms with Gasteiger partial charge in [-0.15, -0.1) is 0 Å². The summed E-state index contributed by atoms with van der Waals surface area (Å²) < 4.78 is 5.07. The Labute approximate surface area is 93.0 Å². The van der Waals surface area contributed by atoms with E-state index >= 15 is 0 Å². The summed E-state index contributed by atoms with van der Waals surface area (Å²) in [5.74, 6) is 1.76. The highest BCUT2D eigenvalue weighted by molar-refractivity contribution is 4.99. The van der Waals surface area contributed by atoms with Crippen LogP contribution in [0.3, 0.4) is 0 Å². The third-order valence-electron chi connectivity index (χ3n) is 4.69. The first kappa shape index (κ1) is 11.4. The average molecular weight is 212 g/mol. The zero-order chi connectivity index (χ0) is 10.7. The molecule has 0 aromatic heterocycles. The van der Waals surface area contributed by atoms with Gasteiger partial charge in [0.25, 0.3) is 0 Å². The lowest BCUT2D eigenvalue weighted by molar-refractivity contribution is 0.0515. The first-order valence-electron chi connectivity index (χ1n) is 6.40. The molecule has 0 spiro atoms. The summed E-state index contributed by atoms with van der Waals surface area (Å²) in [6, 6.07) is 0. The molecule has 0 aromatic carbocycles. The van der Waals surface area contributed by atoms with Gasteiger partial charge in [0.2, 0.25) is 0 Å². The standard InChI is InChI=1S/C13H24O2/c1-15-7-3-2-6-13(10-14)9-11-4-5-12(13)8-11/h11-12,14H,2-10H2,1H3. The lowest BCUT2D eigenvalue weighted by Gasteiger charge is -2.36. The third-order valence-corrected chi connectivity index (χ3v) is 4.69. The molecule has 2 heteroatoms. The van der Waals surface area contributed by atoms with E-state index in [-0.39, 0.29) is 0 Å². The van der Waals surface area contributed by atoms with Crippen molar-refractivity contribution in [3.8, 4) is 0 Å². The van der Waals surface area contributed by atoms with Crippen LogP contribution >= 0.6 is 0 Å². The van der Waals surface area contributed by atoms with Crippen molar-refractivity contribution < 1.29 is 9.84 Å². The van der Waals surface area contributed by atoms with Gasteiger partial charge in [-0.25, -0.2) is 0 Å². The molecule has 3 unspecified atom stereocenters. The van der Waals surface area contributed by atoms with Crippen LogP contribution in [0.25, 0.3) is 0 Å². The van der Waals surface area contributed by atoms with Crippen molar-refractivity contribution in [1.29, 1.82) is 0 Å². The molecule has 2 aliphatic rings. The zero-order valence-electron chi connectivity index (χ0n) is 9.87. The summed E-state index contributed by atoms with van der Waals surface area (Å²) in [6.07, 6.45) is 9.06. The number of rotatable bonds is 6. The Morgan fingerprint density at radius 2 is 2.20 bits per heavy atom. The highest BCUT2D eigenvalue weighted by Crippen LogP contribution is 2.57. The van der Waals surface area contributed by atoms with E-state index in [4.69, 9.17) is 4.74 Å². The van der Waals surface area contributed by atoms with Gasteiger partial charge in [0.1, 0.15) is 0 Å². The van der Waals surface area contributed by atoms with Crippen LogP contribution in [0.15, 0.2) is 0 Å². The minimum Gasteiger partial charge on any atom is -0.396 e. The Kier molecular flexibility index (Phi) is 3.68. The molecule has 2 saturated carbocycles. The number of aliphatic hydroxyl groups excluding tert-OH is 1. The Balaban J connectivity index is 1.81. The van der Waals surface area contributed by atoms with Crippen molar-refractivity contribution in [2.75, 3.05) is 20.3 Å². The number of ether oxygens (including phenoxy) is 1. The summed E-state index contributed by atoms with van der Waals surface area (Å²) in [6.45, 7) is 1.29. The predicted octanol–water partition coefficient (Wildman–Crippen LogP) is 2.60. The summed E-state index contributed by atoms with van der Waals surface area (Å²) in [5, 5.41) is 9.66. The topological polar surface area (TPSA) is 29.5 Å². The number of fused-ring (bicyclic) bond motifs is 2. The molecular weight excluding hydrogens is 188 g/mol. The van der Waals surface area contributed by atoms with Gasteiger partial charge in [-0.05, 0) is 49.4 Å². The van der Waals surface area contributed by atoms with Crippen LogP contribution in [0.5, 0.6) is 0 Å². The largest absolute Gasteiger partial charge is 0.396 e. The molecule has 2 fully saturated rings. The highest BCUT2D eigenvalue weighted by atomic mass is 16.5. The molecule has 1 N–H and O–H groups in total. The molecular formula is C13H24O2. The van der Waals surface area contributed by atoms with E-state index in [2.05, 4.69) is 0 Å². The fourth-order valence-electron chi connectivity index (χ4n) is 3.86. The maximum atomic E-state index is 9.66. The second-order valence-electron chi connectivity index (χ2n) is 5.55. The number of methoxy groups -OCH3 is 1. The number of aliphatic hydroxyl groups is 1. The Morgan fingerprint density at radius 1 is 1.33 bits per heavy atom. The van der Waals surface area contributed by atoms with Crippen LogP contribution in [0.2, 0.25) is 0 Å². The van der Waals surface area contributed by atoms with Crippen molar-refractivity contribution in [2.45, 2.75) is 44.9 Å². The van der Waals surface area contributed by atoms with Crippen molar-refractivity contribution in [3.05, 3.63) is 0 Å². The second kappa shape index (κ2) is 4.84. The minimum atomic E-state index is 0.302. The first-order valence-corrected chi connectivity index (χ1v) is 6.40. The molecule has 2 bridgehead atoms. The molecule has 15 heavy (non-hydrogen) atoms. The summed E-state index contributed by atoms with van der Waals surface area (Å²) in [7, 11) is 1.76. The molecule has 0 heterocycles. The van der Waals surface area contributed by atoms with E-state index in [0.29, 0.717) is 12.0 Å². The fraction of sp³-hybridized carbons (Fsp3) is 1.00. The van der Waals surface area contributed by atoms with Crippen molar-refractivity contribution in [3.63, 3.8) is 0 Å². The average Bonchev–Trinajstić information content (AvgIpc) is 2.85. The maximum absolute atomic E-state index is 9.66. The molecule has 0 saturated heterocycles. The van der Waals surface area contributed by atoms with Gasteiger partial charge in [0, 0.05) is 20.3 Å². The molecule has 2 rings (SSSR count). The smallest absolute Gasteiger partial charge is 0.0490 e. The molecule has 0 aliphatic heterocycles. The van der Waals surface area contributed by atoms with E-state index < -0.39 is 0 Å². The first-order chi connectivity index (χ1) is 7.30. The van der Waals surface area contributed by atoms with E-state index in [9.17, 15) is 5.11 Å². The maximum Gasteiger partial charge on any atom is 0.0490 e. The van der Waals surface area contributed by atoms with Crippen molar-refractivity contribution in [1.82, 2.24) is 0 Å². The number of hydrogen-bond acceptors (Lipinski definition) is 2. The van der Waals surface area contributed by atoms with E-state index in [1.165, 1.54) is 38.5 Å². The quantitative estimate of drug-likeness (QED) is 0.686. The molecule has 0 radical (unpaired) electrons. The van der Waals surface area contributed by atoms with Gasteiger partial charge in [-0.2, -0.15) is 0 Å². The molecule has 0 aromatic rings. The van der Waals surface area contributed by atoms with E-state index in [0.717, 1.165) is 24.9 Å². The normalized spacial score (nSPS) is 38.8. The summed E-state index contributed by atoms with van der Waals surface area (Å²) >= 11 is 0. The van der Waals surface area contributed by atoms with Crippen LogP contribution < -0.4 is 0 Å². The van der Waals surface area contributed by atoms with Crippen LogP contribution in [0.1, 0.15) is 44.9 Å². The zero-order valence-corrected chi connectivity index (χ0v) is 9.87. The van der Waals surface area contributed by atoms with Crippen LogP contribution in [0, 0.1) is 17.3 Å². The molecule has 3 atom stereocenters. The monoisotopic (exact) mass is 212 g/mol. The van der Waals surface area contributed by atoms with Gasteiger partial charge in [0.15, 0.2) is 0 Å². The van der Waals surface area contributed by atoms with Crippen molar-refractivity contribution >= 4 is 0 Å². The van der Waals surface area contributed by atoms with Gasteiger partial charge >= 0.3 is 0 Å². The van der Waals surface area contributed by atoms with Crippen LogP contribution in [0.4, 0.5) is 0 Å². The lowest BCUT2D eigenvalue weighted by Crippen LogP contribution is -2.31. The highest BCUT2D eigenvalue weighted by Gasteiger charge is 2.49. The van der Waals surface area contributed by atoms with Crippen molar-refractivity contribution in [2.24, 2.45) is 17.3 Å². The SMILES string of the molecule is COCCCCC1(CO)CC2CCC1C2. The van der Waals surface area contributed by atoms with Gasteiger partial charge < -0.3 is 9.84 Å². The van der Waals surface area contributed by atoms with E-state index in [1.54, 1.807) is 7.11 Å². The predicted molar refractivity (Wildman–Crippen MR) is 60.7 cm³/mol. The molecule has 2 nitrogen and oxygen atoms in total. The van der Waals surface area contributed by atoms with Gasteiger partial charge in [0.05, 0.1) is 0 Å². The Hall–Kier alpha value is -0.0800. The minimum absolute atomic E-state index is 0.302. The second-order valence-corrected chi connectivity index (χ2v) is 5.55. The molecule has 88 valence electrons. The van der Waals surface area contributed by atoms with E-state index in [1.807, 2.05) is 0 Å². The summed E-state index contributed by atoms with van der Waals surface area (Å²) in [4.78, 5) is 0. The van der Waals surface area contributed by atoms with Gasteiger partial charge in [-0.3, -0.25) is 0 Å².